The zero-order valence-electron chi connectivity index (χ0n) is 8.66. The number of hydrogen-bond acceptors (Lipinski definition) is 3. The second-order valence-electron chi connectivity index (χ2n) is 3.71. The van der Waals surface area contributed by atoms with Gasteiger partial charge in [0, 0.05) is 5.92 Å². The van der Waals surface area contributed by atoms with Gasteiger partial charge >= 0.3 is 5.97 Å². The van der Waals surface area contributed by atoms with Crippen LogP contribution in [-0.2, 0) is 4.74 Å². The maximum atomic E-state index is 11.6. The van der Waals surface area contributed by atoms with E-state index in [0.29, 0.717) is 10.7 Å². The molecule has 1 aromatic heterocycles. The number of rotatable bonds is 1. The van der Waals surface area contributed by atoms with Crippen molar-refractivity contribution >= 4 is 17.6 Å². The van der Waals surface area contributed by atoms with Crippen LogP contribution in [0.15, 0.2) is 12.1 Å². The van der Waals surface area contributed by atoms with E-state index in [4.69, 9.17) is 16.3 Å². The highest BCUT2D eigenvalue weighted by Crippen LogP contribution is 2.31. The number of cyclic esters (lactones) is 1. The van der Waals surface area contributed by atoms with E-state index in [0.717, 1.165) is 12.1 Å². The molecule has 2 heterocycles. The molecule has 0 bridgehead atoms. The molecule has 0 aromatic carbocycles. The van der Waals surface area contributed by atoms with Gasteiger partial charge in [0.25, 0.3) is 0 Å². The first-order chi connectivity index (χ1) is 7.13. The fourth-order valence-electron chi connectivity index (χ4n) is 1.89. The van der Waals surface area contributed by atoms with Crippen molar-refractivity contribution in [2.45, 2.75) is 32.3 Å². The molecule has 80 valence electrons. The molecule has 0 saturated carbocycles. The minimum absolute atomic E-state index is 0.0871. The summed E-state index contributed by atoms with van der Waals surface area (Å²) in [6, 6.07) is 3.29. The largest absolute Gasteiger partial charge is 0.458 e. The summed E-state index contributed by atoms with van der Waals surface area (Å²) in [5.74, 6) is -0.180. The number of aromatic nitrogens is 1. The lowest BCUT2D eigenvalue weighted by atomic mass is 9.92. The Balaban J connectivity index is 2.50. The van der Waals surface area contributed by atoms with Gasteiger partial charge in [-0.25, -0.2) is 9.78 Å². The van der Waals surface area contributed by atoms with Crippen molar-refractivity contribution in [1.82, 2.24) is 4.98 Å². The fourth-order valence-corrected chi connectivity index (χ4v) is 2.04. The molecule has 3 nitrogen and oxygen atoms in total. The average Bonchev–Trinajstić information content (AvgIpc) is 2.23. The Morgan fingerprint density at radius 3 is 2.93 bits per heavy atom. The molecule has 0 aliphatic carbocycles. The van der Waals surface area contributed by atoms with Crippen molar-refractivity contribution in [3.05, 3.63) is 28.5 Å². The van der Waals surface area contributed by atoms with Crippen LogP contribution in [0.3, 0.4) is 0 Å². The molecular weight excluding hydrogens is 214 g/mol. The number of pyridine rings is 1. The molecule has 15 heavy (non-hydrogen) atoms. The summed E-state index contributed by atoms with van der Waals surface area (Å²) in [5, 5.41) is 0.421. The Kier molecular flexibility index (Phi) is 2.65. The Morgan fingerprint density at radius 2 is 2.27 bits per heavy atom. The molecule has 2 rings (SSSR count). The molecule has 0 amide bonds. The third-order valence-corrected chi connectivity index (χ3v) is 2.97. The predicted octanol–water partition coefficient (Wildman–Crippen LogP) is 2.79. The number of fused-ring (bicyclic) bond motifs is 1. The van der Waals surface area contributed by atoms with Gasteiger partial charge in [-0.3, -0.25) is 0 Å². The maximum absolute atomic E-state index is 11.6. The van der Waals surface area contributed by atoms with Gasteiger partial charge in [0.15, 0.2) is 0 Å². The molecular formula is C11H12ClNO2. The van der Waals surface area contributed by atoms with Crippen molar-refractivity contribution in [2.24, 2.45) is 0 Å². The number of esters is 1. The third kappa shape index (κ3) is 1.72. The van der Waals surface area contributed by atoms with Crippen molar-refractivity contribution in [1.29, 1.82) is 0 Å². The molecule has 0 N–H and O–H groups in total. The molecule has 1 aliphatic heterocycles. The lowest BCUT2D eigenvalue weighted by Gasteiger charge is -2.28. The van der Waals surface area contributed by atoms with Crippen LogP contribution in [0.4, 0.5) is 0 Å². The van der Waals surface area contributed by atoms with Crippen molar-refractivity contribution < 1.29 is 9.53 Å². The quantitative estimate of drug-likeness (QED) is 0.545. The molecule has 0 saturated heterocycles. The second kappa shape index (κ2) is 3.81. The minimum Gasteiger partial charge on any atom is -0.458 e. The predicted molar refractivity (Wildman–Crippen MR) is 57.2 cm³/mol. The van der Waals surface area contributed by atoms with Gasteiger partial charge in [-0.05, 0) is 18.6 Å². The van der Waals surface area contributed by atoms with Gasteiger partial charge in [0.05, 0.1) is 11.3 Å². The Labute approximate surface area is 93.4 Å². The van der Waals surface area contributed by atoms with E-state index < -0.39 is 0 Å². The lowest BCUT2D eigenvalue weighted by molar-refractivity contribution is 0.0174. The summed E-state index contributed by atoms with van der Waals surface area (Å²) in [6.45, 7) is 3.99. The molecule has 0 fully saturated rings. The second-order valence-corrected chi connectivity index (χ2v) is 4.09. The first-order valence-electron chi connectivity index (χ1n) is 5.01. The molecule has 0 radical (unpaired) electrons. The first kappa shape index (κ1) is 10.4. The summed E-state index contributed by atoms with van der Waals surface area (Å²) in [5.41, 5.74) is 1.29. The topological polar surface area (TPSA) is 39.2 Å². The Bertz CT molecular complexity index is 406. The van der Waals surface area contributed by atoms with Gasteiger partial charge in [-0.1, -0.05) is 25.4 Å². The van der Waals surface area contributed by atoms with Crippen LogP contribution in [0.25, 0.3) is 0 Å². The van der Waals surface area contributed by atoms with Gasteiger partial charge in [0.2, 0.25) is 0 Å². The van der Waals surface area contributed by atoms with Gasteiger partial charge in [-0.15, -0.1) is 0 Å². The number of carbonyl (C=O) groups excluding carboxylic acids is 1. The monoisotopic (exact) mass is 225 g/mol. The maximum Gasteiger partial charge on any atom is 0.340 e. The Hall–Kier alpha value is -1.09. The third-order valence-electron chi connectivity index (χ3n) is 2.76. The van der Waals surface area contributed by atoms with Gasteiger partial charge in [0.1, 0.15) is 11.3 Å². The summed E-state index contributed by atoms with van der Waals surface area (Å²) < 4.78 is 5.29. The summed E-state index contributed by atoms with van der Waals surface area (Å²) in [4.78, 5) is 15.8. The van der Waals surface area contributed by atoms with E-state index in [1.54, 1.807) is 12.1 Å². The number of carbonyl (C=O) groups is 1. The molecule has 4 heteroatoms. The molecule has 0 spiro atoms. The summed E-state index contributed by atoms with van der Waals surface area (Å²) >= 11 is 5.82. The van der Waals surface area contributed by atoms with Crippen LogP contribution in [0, 0.1) is 0 Å². The average molecular weight is 226 g/mol. The zero-order chi connectivity index (χ0) is 11.0. The minimum atomic E-state index is -0.292. The van der Waals surface area contributed by atoms with E-state index in [1.165, 1.54) is 0 Å². The summed E-state index contributed by atoms with van der Waals surface area (Å²) in [7, 11) is 0. The first-order valence-corrected chi connectivity index (χ1v) is 5.38. The van der Waals surface area contributed by atoms with Gasteiger partial charge in [-0.2, -0.15) is 0 Å². The van der Waals surface area contributed by atoms with Crippen molar-refractivity contribution in [3.63, 3.8) is 0 Å². The van der Waals surface area contributed by atoms with E-state index in [1.807, 2.05) is 13.8 Å². The van der Waals surface area contributed by atoms with Crippen LogP contribution in [0.2, 0.25) is 5.15 Å². The van der Waals surface area contributed by atoms with E-state index >= 15 is 0 Å². The molecule has 1 aliphatic rings. The van der Waals surface area contributed by atoms with Gasteiger partial charge < -0.3 is 4.74 Å². The van der Waals surface area contributed by atoms with Crippen molar-refractivity contribution in [3.8, 4) is 0 Å². The molecule has 2 atom stereocenters. The smallest absolute Gasteiger partial charge is 0.340 e. The van der Waals surface area contributed by atoms with Crippen LogP contribution in [-0.4, -0.2) is 17.1 Å². The number of hydrogen-bond donors (Lipinski definition) is 0. The molecule has 1 aromatic rings. The van der Waals surface area contributed by atoms with Crippen LogP contribution < -0.4 is 0 Å². The standard InChI is InChI=1S/C11H12ClNO2/c1-3-8-6(2)10-7(11(14)15-8)4-5-9(12)13-10/h4-6,8H,3H2,1-2H3/t6-,8?/m0/s1. The SMILES string of the molecule is CCC1OC(=O)c2ccc(Cl)nc2[C@H]1C. The number of halogens is 1. The summed E-state index contributed by atoms with van der Waals surface area (Å²) in [6.07, 6.45) is 0.705. The number of nitrogens with zero attached hydrogens (tertiary/aromatic N) is 1. The van der Waals surface area contributed by atoms with Crippen LogP contribution in [0.1, 0.15) is 42.2 Å². The fraction of sp³-hybridized carbons (Fsp3) is 0.455. The van der Waals surface area contributed by atoms with E-state index in [2.05, 4.69) is 4.98 Å². The highest BCUT2D eigenvalue weighted by Gasteiger charge is 2.32. The Morgan fingerprint density at radius 1 is 1.53 bits per heavy atom. The van der Waals surface area contributed by atoms with E-state index in [9.17, 15) is 4.79 Å². The van der Waals surface area contributed by atoms with Crippen molar-refractivity contribution in [2.75, 3.05) is 0 Å². The van der Waals surface area contributed by atoms with Crippen LogP contribution >= 0.6 is 11.6 Å². The highest BCUT2D eigenvalue weighted by atomic mass is 35.5. The van der Waals surface area contributed by atoms with Crippen LogP contribution in [0.5, 0.6) is 0 Å². The molecule has 1 unspecified atom stereocenters. The zero-order valence-corrected chi connectivity index (χ0v) is 9.41. The highest BCUT2D eigenvalue weighted by molar-refractivity contribution is 6.29. The number of ether oxygens (including phenoxy) is 1. The normalized spacial score (nSPS) is 24.6. The van der Waals surface area contributed by atoms with E-state index in [-0.39, 0.29) is 18.0 Å². The lowest BCUT2D eigenvalue weighted by Crippen LogP contribution is -2.31.